The molecule has 1 heterocycles. The van der Waals surface area contributed by atoms with Gasteiger partial charge in [0.25, 0.3) is 0 Å². The van der Waals surface area contributed by atoms with Gasteiger partial charge in [0.1, 0.15) is 0 Å². The first-order chi connectivity index (χ1) is 10.5. The van der Waals surface area contributed by atoms with Crippen molar-refractivity contribution < 1.29 is 19.4 Å². The van der Waals surface area contributed by atoms with Gasteiger partial charge in [-0.25, -0.2) is 9.59 Å². The fourth-order valence-corrected chi connectivity index (χ4v) is 2.47. The van der Waals surface area contributed by atoms with Crippen LogP contribution in [0.25, 0.3) is 0 Å². The first kappa shape index (κ1) is 16.3. The van der Waals surface area contributed by atoms with Crippen molar-refractivity contribution in [3.8, 4) is 0 Å². The summed E-state index contributed by atoms with van der Waals surface area (Å²) in [6.07, 6.45) is -1.30. The molecule has 1 aliphatic rings. The third-order valence-electron chi connectivity index (χ3n) is 3.69. The normalized spacial score (nSPS) is 16.3. The maximum Gasteiger partial charge on any atom is 0.339 e. The molecule has 1 N–H and O–H groups in total. The van der Waals surface area contributed by atoms with Crippen LogP contribution in [0.15, 0.2) is 24.3 Å². The maximum atomic E-state index is 12.3. The maximum absolute atomic E-state index is 12.3. The molecule has 2 amide bonds. The average Bonchev–Trinajstić information content (AvgIpc) is 2.89. The highest BCUT2D eigenvalue weighted by Gasteiger charge is 2.31. The quantitative estimate of drug-likeness (QED) is 0.844. The standard InChI is InChI=1S/C16H22N2O4/c1-4-22-15(20)14(19)12-5-7-13(8-6-12)18-10-9-17(11(2)3)16(18)21/h5-8,11,14,19H,4,9-10H2,1-3H3. The van der Waals surface area contributed by atoms with Crippen molar-refractivity contribution in [3.63, 3.8) is 0 Å². The molecule has 6 heteroatoms. The molecule has 6 nitrogen and oxygen atoms in total. The molecule has 0 radical (unpaired) electrons. The van der Waals surface area contributed by atoms with Gasteiger partial charge in [0, 0.05) is 24.8 Å². The number of anilines is 1. The average molecular weight is 306 g/mol. The van der Waals surface area contributed by atoms with E-state index in [0.29, 0.717) is 18.7 Å². The minimum Gasteiger partial charge on any atom is -0.464 e. The number of esters is 1. The number of carbonyl (C=O) groups excluding carboxylic acids is 2. The molecule has 0 spiro atoms. The third-order valence-corrected chi connectivity index (χ3v) is 3.69. The first-order valence-electron chi connectivity index (χ1n) is 7.48. The summed E-state index contributed by atoms with van der Waals surface area (Å²) in [5.74, 6) is -0.668. The van der Waals surface area contributed by atoms with E-state index in [4.69, 9.17) is 4.74 Å². The molecule has 0 bridgehead atoms. The summed E-state index contributed by atoms with van der Waals surface area (Å²) in [5, 5.41) is 9.88. The second kappa shape index (κ2) is 6.79. The summed E-state index contributed by atoms with van der Waals surface area (Å²) in [4.78, 5) is 27.3. The van der Waals surface area contributed by atoms with Gasteiger partial charge in [-0.3, -0.25) is 4.90 Å². The highest BCUT2D eigenvalue weighted by atomic mass is 16.5. The van der Waals surface area contributed by atoms with Crippen molar-refractivity contribution in [1.29, 1.82) is 0 Å². The van der Waals surface area contributed by atoms with Crippen molar-refractivity contribution in [2.75, 3.05) is 24.6 Å². The molecule has 1 atom stereocenters. The van der Waals surface area contributed by atoms with Gasteiger partial charge in [-0.15, -0.1) is 0 Å². The highest BCUT2D eigenvalue weighted by molar-refractivity contribution is 5.94. The molecular weight excluding hydrogens is 284 g/mol. The molecule has 1 unspecified atom stereocenters. The number of aliphatic hydroxyl groups is 1. The predicted molar refractivity (Wildman–Crippen MR) is 82.6 cm³/mol. The summed E-state index contributed by atoms with van der Waals surface area (Å²) in [7, 11) is 0. The fourth-order valence-electron chi connectivity index (χ4n) is 2.47. The van der Waals surface area contributed by atoms with Crippen LogP contribution in [0.2, 0.25) is 0 Å². The van der Waals surface area contributed by atoms with Crippen LogP contribution < -0.4 is 4.90 Å². The van der Waals surface area contributed by atoms with E-state index >= 15 is 0 Å². The van der Waals surface area contributed by atoms with Gasteiger partial charge < -0.3 is 14.7 Å². The van der Waals surface area contributed by atoms with E-state index in [-0.39, 0.29) is 18.7 Å². The number of urea groups is 1. The molecule has 1 aliphatic heterocycles. The molecule has 1 saturated heterocycles. The van der Waals surface area contributed by atoms with E-state index in [2.05, 4.69) is 0 Å². The van der Waals surface area contributed by atoms with Crippen LogP contribution in [-0.2, 0) is 9.53 Å². The summed E-state index contributed by atoms with van der Waals surface area (Å²) in [6, 6.07) is 6.90. The second-order valence-electron chi connectivity index (χ2n) is 5.47. The Morgan fingerprint density at radius 2 is 1.91 bits per heavy atom. The van der Waals surface area contributed by atoms with Crippen LogP contribution in [0.1, 0.15) is 32.4 Å². The monoisotopic (exact) mass is 306 g/mol. The Kier molecular flexibility index (Phi) is 5.03. The van der Waals surface area contributed by atoms with Crippen molar-refractivity contribution in [2.24, 2.45) is 0 Å². The zero-order valence-corrected chi connectivity index (χ0v) is 13.2. The Balaban J connectivity index is 2.10. The lowest BCUT2D eigenvalue weighted by molar-refractivity contribution is -0.153. The summed E-state index contributed by atoms with van der Waals surface area (Å²) in [6.45, 7) is 7.22. The first-order valence-corrected chi connectivity index (χ1v) is 7.48. The van der Waals surface area contributed by atoms with E-state index in [0.717, 1.165) is 5.69 Å². The number of ether oxygens (including phenoxy) is 1. The van der Waals surface area contributed by atoms with E-state index in [1.54, 1.807) is 41.0 Å². The van der Waals surface area contributed by atoms with E-state index in [1.165, 1.54) is 0 Å². The third kappa shape index (κ3) is 3.22. The number of nitrogens with zero attached hydrogens (tertiary/aromatic N) is 2. The molecule has 120 valence electrons. The van der Waals surface area contributed by atoms with E-state index in [1.807, 2.05) is 13.8 Å². The summed E-state index contributed by atoms with van der Waals surface area (Å²) in [5.41, 5.74) is 1.21. The van der Waals surface area contributed by atoms with Gasteiger partial charge in [-0.2, -0.15) is 0 Å². The molecule has 1 aromatic rings. The van der Waals surface area contributed by atoms with Crippen LogP contribution in [0.3, 0.4) is 0 Å². The Labute approximate surface area is 130 Å². The Morgan fingerprint density at radius 3 is 2.41 bits per heavy atom. The van der Waals surface area contributed by atoms with Crippen molar-refractivity contribution >= 4 is 17.7 Å². The lowest BCUT2D eigenvalue weighted by Gasteiger charge is -2.22. The molecule has 0 saturated carbocycles. The summed E-state index contributed by atoms with van der Waals surface area (Å²) >= 11 is 0. The Hall–Kier alpha value is -2.08. The lowest BCUT2D eigenvalue weighted by atomic mass is 10.1. The zero-order chi connectivity index (χ0) is 16.3. The number of amides is 2. The van der Waals surface area contributed by atoms with Crippen LogP contribution in [-0.4, -0.2) is 47.7 Å². The lowest BCUT2D eigenvalue weighted by Crippen LogP contribution is -2.36. The molecule has 2 rings (SSSR count). The van der Waals surface area contributed by atoms with Gasteiger partial charge >= 0.3 is 12.0 Å². The molecular formula is C16H22N2O4. The number of hydrogen-bond donors (Lipinski definition) is 1. The Bertz CT molecular complexity index is 542. The largest absolute Gasteiger partial charge is 0.464 e. The number of aliphatic hydroxyl groups excluding tert-OH is 1. The van der Waals surface area contributed by atoms with Gasteiger partial charge in [0.2, 0.25) is 0 Å². The van der Waals surface area contributed by atoms with Crippen LogP contribution in [0, 0.1) is 0 Å². The zero-order valence-electron chi connectivity index (χ0n) is 13.2. The SMILES string of the molecule is CCOC(=O)C(O)c1ccc(N2CCN(C(C)C)C2=O)cc1. The smallest absolute Gasteiger partial charge is 0.339 e. The van der Waals surface area contributed by atoms with Crippen molar-refractivity contribution in [2.45, 2.75) is 32.9 Å². The van der Waals surface area contributed by atoms with Gasteiger partial charge in [-0.05, 0) is 38.5 Å². The van der Waals surface area contributed by atoms with Crippen molar-refractivity contribution in [1.82, 2.24) is 4.90 Å². The molecule has 1 aromatic carbocycles. The molecule has 0 aliphatic carbocycles. The molecule has 1 fully saturated rings. The topological polar surface area (TPSA) is 70.1 Å². The number of rotatable bonds is 5. The van der Waals surface area contributed by atoms with E-state index in [9.17, 15) is 14.7 Å². The van der Waals surface area contributed by atoms with Crippen molar-refractivity contribution in [3.05, 3.63) is 29.8 Å². The van der Waals surface area contributed by atoms with Crippen LogP contribution in [0.5, 0.6) is 0 Å². The molecule has 22 heavy (non-hydrogen) atoms. The van der Waals surface area contributed by atoms with Crippen LogP contribution >= 0.6 is 0 Å². The number of carbonyl (C=O) groups is 2. The minimum atomic E-state index is -1.30. The fraction of sp³-hybridized carbons (Fsp3) is 0.500. The van der Waals surface area contributed by atoms with Crippen LogP contribution in [0.4, 0.5) is 10.5 Å². The van der Waals surface area contributed by atoms with Gasteiger partial charge in [-0.1, -0.05) is 12.1 Å². The highest BCUT2D eigenvalue weighted by Crippen LogP contribution is 2.24. The minimum absolute atomic E-state index is 0.0197. The Morgan fingerprint density at radius 1 is 1.27 bits per heavy atom. The number of hydrogen-bond acceptors (Lipinski definition) is 4. The second-order valence-corrected chi connectivity index (χ2v) is 5.47. The summed E-state index contributed by atoms with van der Waals surface area (Å²) < 4.78 is 4.79. The van der Waals surface area contributed by atoms with Gasteiger partial charge in [0.15, 0.2) is 6.10 Å². The molecule has 0 aromatic heterocycles. The van der Waals surface area contributed by atoms with Gasteiger partial charge in [0.05, 0.1) is 6.61 Å². The predicted octanol–water partition coefficient (Wildman–Crippen LogP) is 1.93. The van der Waals surface area contributed by atoms with E-state index < -0.39 is 12.1 Å². The number of benzene rings is 1.